The highest BCUT2D eigenvalue weighted by atomic mass is 16.5. The predicted octanol–water partition coefficient (Wildman–Crippen LogP) is 5.54. The van der Waals surface area contributed by atoms with Crippen molar-refractivity contribution in [2.45, 2.75) is 85.4 Å². The van der Waals surface area contributed by atoms with Crippen molar-refractivity contribution in [3.8, 4) is 11.5 Å². The van der Waals surface area contributed by atoms with Gasteiger partial charge in [-0.15, -0.1) is 0 Å². The third-order valence-electron chi connectivity index (χ3n) is 7.31. The number of esters is 2. The summed E-state index contributed by atoms with van der Waals surface area (Å²) in [5, 5.41) is 0. The number of carbonyl (C=O) groups excluding carboxylic acids is 4. The van der Waals surface area contributed by atoms with E-state index >= 15 is 0 Å². The molecule has 0 fully saturated rings. The molecule has 0 atom stereocenters. The number of hydrogen-bond donors (Lipinski definition) is 0. The molecule has 0 radical (unpaired) electrons. The molecule has 2 heterocycles. The average Bonchev–Trinajstić information content (AvgIpc) is 2.90. The first-order valence-electron chi connectivity index (χ1n) is 13.8. The Morgan fingerprint density at radius 2 is 1.37 bits per heavy atom. The molecular formula is C32H41NO8. The highest BCUT2D eigenvalue weighted by Crippen LogP contribution is 2.40. The van der Waals surface area contributed by atoms with Gasteiger partial charge in [0, 0.05) is 18.5 Å². The van der Waals surface area contributed by atoms with E-state index in [2.05, 4.69) is 6.92 Å². The van der Waals surface area contributed by atoms with Crippen LogP contribution in [-0.2, 0) is 25.5 Å². The van der Waals surface area contributed by atoms with Crippen molar-refractivity contribution >= 4 is 29.3 Å². The van der Waals surface area contributed by atoms with Gasteiger partial charge in [-0.1, -0.05) is 19.8 Å². The van der Waals surface area contributed by atoms with Gasteiger partial charge in [-0.2, -0.15) is 0 Å². The third-order valence-corrected chi connectivity index (χ3v) is 7.31. The minimum atomic E-state index is -0.904. The molecule has 9 heteroatoms. The van der Waals surface area contributed by atoms with E-state index in [0.29, 0.717) is 34.9 Å². The Balaban J connectivity index is 0.000000232. The SMILES string of the molecule is CCCCCN1C(=O)C(C)(C)Oc2cc(C)c(C(=O)OC)cc21.COC(=O)c1cc2c(cc1C)OC(C)(C)C(=O)C2. The van der Waals surface area contributed by atoms with Gasteiger partial charge in [-0.25, -0.2) is 9.59 Å². The number of nitrogens with zero attached hydrogens (tertiary/aromatic N) is 1. The van der Waals surface area contributed by atoms with Gasteiger partial charge in [0.2, 0.25) is 0 Å². The van der Waals surface area contributed by atoms with E-state index in [9.17, 15) is 19.2 Å². The molecule has 2 aliphatic rings. The number of fused-ring (bicyclic) bond motifs is 2. The van der Waals surface area contributed by atoms with E-state index in [1.54, 1.807) is 50.8 Å². The van der Waals surface area contributed by atoms with Gasteiger partial charge < -0.3 is 23.8 Å². The number of unbranched alkanes of at least 4 members (excludes halogenated alkanes) is 2. The summed E-state index contributed by atoms with van der Waals surface area (Å²) in [4.78, 5) is 49.8. The summed E-state index contributed by atoms with van der Waals surface area (Å²) in [6.07, 6.45) is 3.33. The van der Waals surface area contributed by atoms with Gasteiger partial charge in [0.15, 0.2) is 17.0 Å². The second-order valence-electron chi connectivity index (χ2n) is 11.4. The van der Waals surface area contributed by atoms with E-state index in [-0.39, 0.29) is 18.1 Å². The van der Waals surface area contributed by atoms with Gasteiger partial charge in [-0.05, 0) is 83.4 Å². The Kier molecular flexibility index (Phi) is 9.51. The zero-order chi connectivity index (χ0) is 30.7. The van der Waals surface area contributed by atoms with Gasteiger partial charge in [0.25, 0.3) is 5.91 Å². The highest BCUT2D eigenvalue weighted by molar-refractivity contribution is 6.04. The second-order valence-corrected chi connectivity index (χ2v) is 11.4. The minimum Gasteiger partial charge on any atom is -0.480 e. The normalized spacial score (nSPS) is 16.3. The quantitative estimate of drug-likeness (QED) is 0.331. The summed E-state index contributed by atoms with van der Waals surface area (Å²) in [5.41, 5.74) is 2.18. The fourth-order valence-corrected chi connectivity index (χ4v) is 4.79. The Morgan fingerprint density at radius 3 is 1.93 bits per heavy atom. The lowest BCUT2D eigenvalue weighted by Gasteiger charge is -2.39. The summed E-state index contributed by atoms with van der Waals surface area (Å²) in [5.74, 6) is 0.431. The molecule has 0 saturated carbocycles. The van der Waals surface area contributed by atoms with Crippen molar-refractivity contribution in [3.63, 3.8) is 0 Å². The molecule has 2 aromatic rings. The van der Waals surface area contributed by atoms with Crippen LogP contribution in [0.5, 0.6) is 11.5 Å². The van der Waals surface area contributed by atoms with Crippen LogP contribution in [0.15, 0.2) is 24.3 Å². The topological polar surface area (TPSA) is 108 Å². The van der Waals surface area contributed by atoms with Crippen molar-refractivity contribution in [3.05, 3.63) is 52.1 Å². The third kappa shape index (κ3) is 6.72. The number of benzene rings is 2. The van der Waals surface area contributed by atoms with Gasteiger partial charge in [0.1, 0.15) is 11.5 Å². The lowest BCUT2D eigenvalue weighted by atomic mass is 9.91. The van der Waals surface area contributed by atoms with Crippen molar-refractivity contribution in [1.29, 1.82) is 0 Å². The van der Waals surface area contributed by atoms with Crippen molar-refractivity contribution in [1.82, 2.24) is 0 Å². The van der Waals surface area contributed by atoms with E-state index < -0.39 is 23.1 Å². The molecule has 1 amide bonds. The summed E-state index contributed by atoms with van der Waals surface area (Å²) in [6.45, 7) is 13.4. The van der Waals surface area contributed by atoms with Crippen LogP contribution >= 0.6 is 0 Å². The monoisotopic (exact) mass is 567 g/mol. The van der Waals surface area contributed by atoms with Crippen molar-refractivity contribution in [2.24, 2.45) is 0 Å². The fraction of sp³-hybridized carbons (Fsp3) is 0.500. The van der Waals surface area contributed by atoms with Crippen molar-refractivity contribution in [2.75, 3.05) is 25.7 Å². The molecule has 0 aliphatic carbocycles. The number of carbonyl (C=O) groups is 4. The Morgan fingerprint density at radius 1 is 0.829 bits per heavy atom. The van der Waals surface area contributed by atoms with Crippen LogP contribution < -0.4 is 14.4 Å². The maximum Gasteiger partial charge on any atom is 0.338 e. The molecule has 0 unspecified atom stereocenters. The number of ketones is 1. The van der Waals surface area contributed by atoms with Crippen LogP contribution in [0.25, 0.3) is 0 Å². The molecule has 0 bridgehead atoms. The lowest BCUT2D eigenvalue weighted by Crippen LogP contribution is -2.52. The molecule has 0 N–H and O–H groups in total. The number of Topliss-reactive ketones (excluding diaryl/α,β-unsaturated/α-hetero) is 1. The number of anilines is 1. The molecule has 4 rings (SSSR count). The zero-order valence-corrected chi connectivity index (χ0v) is 25.6. The van der Waals surface area contributed by atoms with E-state index in [1.807, 2.05) is 19.9 Å². The van der Waals surface area contributed by atoms with Gasteiger partial charge in [0.05, 0.1) is 31.0 Å². The summed E-state index contributed by atoms with van der Waals surface area (Å²) in [6, 6.07) is 6.98. The largest absolute Gasteiger partial charge is 0.480 e. The van der Waals surface area contributed by atoms with Gasteiger partial charge in [-0.3, -0.25) is 9.59 Å². The number of ether oxygens (including phenoxy) is 4. The standard InChI is InChI=1S/C18H25NO4.C14H16O4/c1-6-7-8-9-19-14-11-13(16(20)22-5)12(2)10-15(14)23-18(3,4)17(19)21;1-8-5-11-9(6-10(8)13(16)17-4)7-12(15)14(2,3)18-11/h10-11H,6-9H2,1-5H3;5-6H,7H2,1-4H3. The summed E-state index contributed by atoms with van der Waals surface area (Å²) < 4.78 is 21.1. The molecule has 41 heavy (non-hydrogen) atoms. The molecule has 0 spiro atoms. The zero-order valence-electron chi connectivity index (χ0n) is 25.6. The maximum absolute atomic E-state index is 12.7. The van der Waals surface area contributed by atoms with Crippen LogP contribution in [0.1, 0.15) is 91.3 Å². The second kappa shape index (κ2) is 12.3. The van der Waals surface area contributed by atoms with E-state index in [0.717, 1.165) is 36.0 Å². The van der Waals surface area contributed by atoms with Crippen LogP contribution in [0.3, 0.4) is 0 Å². The number of hydrogen-bond acceptors (Lipinski definition) is 8. The van der Waals surface area contributed by atoms with Crippen molar-refractivity contribution < 1.29 is 38.1 Å². The van der Waals surface area contributed by atoms with E-state index in [4.69, 9.17) is 18.9 Å². The molecule has 222 valence electrons. The molecule has 2 aliphatic heterocycles. The molecule has 0 aromatic heterocycles. The Hall–Kier alpha value is -3.88. The van der Waals surface area contributed by atoms with Crippen LogP contribution in [0.4, 0.5) is 5.69 Å². The minimum absolute atomic E-state index is 0.00895. The van der Waals surface area contributed by atoms with Crippen LogP contribution in [0.2, 0.25) is 0 Å². The summed E-state index contributed by atoms with van der Waals surface area (Å²) >= 11 is 0. The van der Waals surface area contributed by atoms with Crippen LogP contribution in [0, 0.1) is 13.8 Å². The van der Waals surface area contributed by atoms with Crippen LogP contribution in [-0.4, -0.2) is 55.6 Å². The Labute approximate surface area is 242 Å². The predicted molar refractivity (Wildman–Crippen MR) is 155 cm³/mol. The average molecular weight is 568 g/mol. The highest BCUT2D eigenvalue weighted by Gasteiger charge is 2.41. The first-order valence-corrected chi connectivity index (χ1v) is 13.8. The fourth-order valence-electron chi connectivity index (χ4n) is 4.79. The summed E-state index contributed by atoms with van der Waals surface area (Å²) in [7, 11) is 2.69. The number of rotatable bonds is 6. The molecule has 2 aromatic carbocycles. The maximum atomic E-state index is 12.7. The Bertz CT molecular complexity index is 1360. The molecule has 9 nitrogen and oxygen atoms in total. The molecule has 0 saturated heterocycles. The lowest BCUT2D eigenvalue weighted by molar-refractivity contribution is -0.133. The smallest absolute Gasteiger partial charge is 0.338 e. The number of aryl methyl sites for hydroxylation is 2. The first-order chi connectivity index (χ1) is 19.2. The van der Waals surface area contributed by atoms with Gasteiger partial charge >= 0.3 is 11.9 Å². The van der Waals surface area contributed by atoms with E-state index in [1.165, 1.54) is 14.2 Å². The number of amides is 1. The first kappa shape index (κ1) is 31.6. The molecular weight excluding hydrogens is 526 g/mol. The number of methoxy groups -OCH3 is 2.